The van der Waals surface area contributed by atoms with Crippen LogP contribution >= 0.6 is 0 Å². The first-order valence-corrected chi connectivity index (χ1v) is 5.49. The number of aromatic amines is 1. The van der Waals surface area contributed by atoms with E-state index in [0.29, 0.717) is 11.4 Å². The predicted molar refractivity (Wildman–Crippen MR) is 59.1 cm³/mol. The molecule has 5 heteroatoms. The largest absolute Gasteiger partial charge is 0.342 e. The molecular weight excluding hydrogens is 206 g/mol. The van der Waals surface area contributed by atoms with E-state index in [1.165, 1.54) is 6.20 Å². The van der Waals surface area contributed by atoms with E-state index < -0.39 is 0 Å². The van der Waals surface area contributed by atoms with Gasteiger partial charge in [-0.1, -0.05) is 0 Å². The smallest absolute Gasteiger partial charge is 0.254 e. The maximum atomic E-state index is 11.8. The van der Waals surface area contributed by atoms with Gasteiger partial charge in [0.15, 0.2) is 0 Å². The zero-order chi connectivity index (χ0) is 11.5. The number of H-pyrrole nitrogens is 1. The van der Waals surface area contributed by atoms with Gasteiger partial charge < -0.3 is 9.88 Å². The Kier molecular flexibility index (Phi) is 3.03. The molecule has 0 aromatic carbocycles. The fraction of sp³-hybridized carbons (Fsp3) is 0.545. The van der Waals surface area contributed by atoms with Crippen LogP contribution in [0, 0.1) is 6.92 Å². The number of nitrogens with zero attached hydrogens (tertiary/aromatic N) is 2. The molecule has 1 aliphatic heterocycles. The van der Waals surface area contributed by atoms with Crippen LogP contribution in [0.5, 0.6) is 0 Å². The molecule has 1 N–H and O–H groups in total. The third kappa shape index (κ3) is 2.29. The van der Waals surface area contributed by atoms with Crippen LogP contribution in [0.3, 0.4) is 0 Å². The van der Waals surface area contributed by atoms with E-state index in [0.717, 1.165) is 25.9 Å². The molecule has 16 heavy (non-hydrogen) atoms. The molecule has 0 unspecified atom stereocenters. The predicted octanol–water partition coefficient (Wildman–Crippen LogP) is 0.243. The lowest BCUT2D eigenvalue weighted by Gasteiger charge is -2.14. The standard InChI is InChI=1S/C11H15N3O2/c1-8-12-7-9(11(16)13-8)6-10(15)14-4-2-3-5-14/h7H,2-6H2,1H3,(H,12,13,16). The average molecular weight is 221 g/mol. The van der Waals surface area contributed by atoms with Gasteiger partial charge in [-0.15, -0.1) is 0 Å². The number of nitrogens with one attached hydrogen (secondary N) is 1. The van der Waals surface area contributed by atoms with Crippen molar-refractivity contribution >= 4 is 5.91 Å². The number of rotatable bonds is 2. The first kappa shape index (κ1) is 10.9. The van der Waals surface area contributed by atoms with Gasteiger partial charge in [-0.05, 0) is 19.8 Å². The number of aromatic nitrogens is 2. The van der Waals surface area contributed by atoms with Crippen molar-refractivity contribution in [2.45, 2.75) is 26.2 Å². The fourth-order valence-corrected chi connectivity index (χ4v) is 1.88. The highest BCUT2D eigenvalue weighted by molar-refractivity contribution is 5.78. The van der Waals surface area contributed by atoms with Crippen molar-refractivity contribution in [2.75, 3.05) is 13.1 Å². The van der Waals surface area contributed by atoms with Crippen molar-refractivity contribution in [1.82, 2.24) is 14.9 Å². The van der Waals surface area contributed by atoms with Crippen molar-refractivity contribution < 1.29 is 4.79 Å². The summed E-state index contributed by atoms with van der Waals surface area (Å²) in [6, 6.07) is 0. The second-order valence-corrected chi connectivity index (χ2v) is 4.09. The summed E-state index contributed by atoms with van der Waals surface area (Å²) in [5.41, 5.74) is 0.238. The first-order chi connectivity index (χ1) is 7.66. The van der Waals surface area contributed by atoms with Crippen LogP contribution in [-0.2, 0) is 11.2 Å². The van der Waals surface area contributed by atoms with Gasteiger partial charge in [-0.25, -0.2) is 4.98 Å². The van der Waals surface area contributed by atoms with E-state index in [1.54, 1.807) is 11.8 Å². The Morgan fingerprint density at radius 2 is 2.19 bits per heavy atom. The molecule has 2 rings (SSSR count). The summed E-state index contributed by atoms with van der Waals surface area (Å²) in [6.45, 7) is 3.35. The lowest BCUT2D eigenvalue weighted by molar-refractivity contribution is -0.129. The Hall–Kier alpha value is -1.65. The van der Waals surface area contributed by atoms with E-state index in [4.69, 9.17) is 0 Å². The molecule has 1 aliphatic rings. The zero-order valence-electron chi connectivity index (χ0n) is 9.32. The summed E-state index contributed by atoms with van der Waals surface area (Å²) in [6.07, 6.45) is 3.77. The minimum atomic E-state index is -0.208. The maximum absolute atomic E-state index is 11.8. The second-order valence-electron chi connectivity index (χ2n) is 4.09. The Balaban J connectivity index is 2.08. The quantitative estimate of drug-likeness (QED) is 0.778. The van der Waals surface area contributed by atoms with E-state index in [9.17, 15) is 9.59 Å². The molecule has 5 nitrogen and oxygen atoms in total. The minimum Gasteiger partial charge on any atom is -0.342 e. The van der Waals surface area contributed by atoms with Crippen LogP contribution in [0.4, 0.5) is 0 Å². The summed E-state index contributed by atoms with van der Waals surface area (Å²) in [5, 5.41) is 0. The molecule has 86 valence electrons. The molecule has 1 aromatic rings. The molecule has 2 heterocycles. The van der Waals surface area contributed by atoms with Gasteiger partial charge in [-0.2, -0.15) is 0 Å². The molecule has 1 fully saturated rings. The molecular formula is C11H15N3O2. The van der Waals surface area contributed by atoms with Crippen LogP contribution in [0.2, 0.25) is 0 Å². The first-order valence-electron chi connectivity index (χ1n) is 5.49. The Labute approximate surface area is 93.5 Å². The van der Waals surface area contributed by atoms with Gasteiger partial charge in [-0.3, -0.25) is 9.59 Å². The summed E-state index contributed by atoms with van der Waals surface area (Å²) in [7, 11) is 0. The lowest BCUT2D eigenvalue weighted by Crippen LogP contribution is -2.31. The van der Waals surface area contributed by atoms with E-state index in [1.807, 2.05) is 0 Å². The molecule has 0 bridgehead atoms. The molecule has 1 saturated heterocycles. The van der Waals surface area contributed by atoms with Crippen molar-refractivity contribution in [3.8, 4) is 0 Å². The molecule has 1 amide bonds. The second kappa shape index (κ2) is 4.47. The zero-order valence-corrected chi connectivity index (χ0v) is 9.32. The topological polar surface area (TPSA) is 66.1 Å². The summed E-state index contributed by atoms with van der Waals surface area (Å²) < 4.78 is 0. The van der Waals surface area contributed by atoms with Gasteiger partial charge in [0.1, 0.15) is 5.82 Å². The number of carbonyl (C=O) groups is 1. The SMILES string of the molecule is Cc1ncc(CC(=O)N2CCCC2)c(=O)[nH]1. The van der Waals surface area contributed by atoms with Crippen LogP contribution < -0.4 is 5.56 Å². The summed E-state index contributed by atoms with van der Waals surface area (Å²) >= 11 is 0. The monoisotopic (exact) mass is 221 g/mol. The third-order valence-electron chi connectivity index (χ3n) is 2.80. The number of carbonyl (C=O) groups excluding carboxylic acids is 1. The third-order valence-corrected chi connectivity index (χ3v) is 2.80. The highest BCUT2D eigenvalue weighted by Crippen LogP contribution is 2.08. The number of hydrogen-bond donors (Lipinski definition) is 1. The fourth-order valence-electron chi connectivity index (χ4n) is 1.88. The van der Waals surface area contributed by atoms with E-state index in [2.05, 4.69) is 9.97 Å². The molecule has 0 spiro atoms. The summed E-state index contributed by atoms with van der Waals surface area (Å²) in [4.78, 5) is 31.7. The van der Waals surface area contributed by atoms with Crippen molar-refractivity contribution in [3.05, 3.63) is 27.9 Å². The van der Waals surface area contributed by atoms with Crippen molar-refractivity contribution in [1.29, 1.82) is 0 Å². The van der Waals surface area contributed by atoms with Gasteiger partial charge in [0.2, 0.25) is 5.91 Å². The number of hydrogen-bond acceptors (Lipinski definition) is 3. The van der Waals surface area contributed by atoms with Gasteiger partial charge in [0.25, 0.3) is 5.56 Å². The number of likely N-dealkylation sites (tertiary alicyclic amines) is 1. The lowest BCUT2D eigenvalue weighted by atomic mass is 10.2. The molecule has 0 aliphatic carbocycles. The van der Waals surface area contributed by atoms with Crippen LogP contribution in [0.25, 0.3) is 0 Å². The minimum absolute atomic E-state index is 0.0219. The van der Waals surface area contributed by atoms with E-state index in [-0.39, 0.29) is 17.9 Å². The molecule has 0 atom stereocenters. The summed E-state index contributed by atoms with van der Waals surface area (Å²) in [5.74, 6) is 0.594. The molecule has 1 aromatic heterocycles. The molecule has 0 saturated carbocycles. The highest BCUT2D eigenvalue weighted by Gasteiger charge is 2.19. The van der Waals surface area contributed by atoms with Gasteiger partial charge >= 0.3 is 0 Å². The number of amides is 1. The van der Waals surface area contributed by atoms with Crippen LogP contribution in [0.1, 0.15) is 24.2 Å². The van der Waals surface area contributed by atoms with E-state index >= 15 is 0 Å². The number of aryl methyl sites for hydroxylation is 1. The van der Waals surface area contributed by atoms with Crippen molar-refractivity contribution in [3.63, 3.8) is 0 Å². The van der Waals surface area contributed by atoms with Gasteiger partial charge in [0.05, 0.1) is 6.42 Å². The molecule has 0 radical (unpaired) electrons. The average Bonchev–Trinajstić information content (AvgIpc) is 2.75. The normalized spacial score (nSPS) is 15.4. The maximum Gasteiger partial charge on any atom is 0.254 e. The van der Waals surface area contributed by atoms with Crippen molar-refractivity contribution in [2.24, 2.45) is 0 Å². The van der Waals surface area contributed by atoms with Crippen LogP contribution in [0.15, 0.2) is 11.0 Å². The Morgan fingerprint density at radius 3 is 2.81 bits per heavy atom. The van der Waals surface area contributed by atoms with Crippen LogP contribution in [-0.4, -0.2) is 33.9 Å². The highest BCUT2D eigenvalue weighted by atomic mass is 16.2. The van der Waals surface area contributed by atoms with Gasteiger partial charge in [0, 0.05) is 24.8 Å². The Morgan fingerprint density at radius 1 is 1.50 bits per heavy atom. The Bertz CT molecular complexity index is 447.